The number of anilines is 3. The van der Waals surface area contributed by atoms with Gasteiger partial charge in [0.2, 0.25) is 4.77 Å². The van der Waals surface area contributed by atoms with Gasteiger partial charge < -0.3 is 4.90 Å². The normalized spacial score (nSPS) is 11.0. The van der Waals surface area contributed by atoms with Gasteiger partial charge in [-0.2, -0.15) is 14.9 Å². The van der Waals surface area contributed by atoms with Crippen LogP contribution >= 0.6 is 12.2 Å². The Labute approximate surface area is 168 Å². The molecule has 0 radical (unpaired) electrons. The highest BCUT2D eigenvalue weighted by atomic mass is 32.1. The molecule has 0 unspecified atom stereocenters. The summed E-state index contributed by atoms with van der Waals surface area (Å²) < 4.78 is 2.08. The van der Waals surface area contributed by atoms with Gasteiger partial charge >= 0.3 is 0 Å². The highest BCUT2D eigenvalue weighted by Gasteiger charge is 2.11. The number of hydrogen-bond donors (Lipinski definition) is 1. The second-order valence-electron chi connectivity index (χ2n) is 6.23. The summed E-state index contributed by atoms with van der Waals surface area (Å²) in [6.45, 7) is 1.85. The maximum absolute atomic E-state index is 5.18. The van der Waals surface area contributed by atoms with Crippen molar-refractivity contribution in [2.75, 3.05) is 4.90 Å². The van der Waals surface area contributed by atoms with Crippen LogP contribution in [0.1, 0.15) is 11.4 Å². The molecule has 0 bridgehead atoms. The molecule has 0 saturated heterocycles. The van der Waals surface area contributed by atoms with E-state index in [1.165, 1.54) is 0 Å². The molecule has 0 amide bonds. The molecular weight excluding hydrogens is 366 g/mol. The molecule has 0 saturated carbocycles. The van der Waals surface area contributed by atoms with Crippen molar-refractivity contribution in [1.82, 2.24) is 14.9 Å². The van der Waals surface area contributed by atoms with Crippen LogP contribution in [0.3, 0.4) is 0 Å². The van der Waals surface area contributed by atoms with Crippen LogP contribution in [-0.2, 0) is 0 Å². The first-order valence-electron chi connectivity index (χ1n) is 8.91. The fourth-order valence-corrected chi connectivity index (χ4v) is 3.17. The van der Waals surface area contributed by atoms with E-state index in [1.54, 1.807) is 10.9 Å². The Morgan fingerprint density at radius 1 is 0.857 bits per heavy atom. The first-order chi connectivity index (χ1) is 13.7. The molecule has 0 spiro atoms. The Balaban J connectivity index is 1.66. The number of nitrogens with zero attached hydrogens (tertiary/aromatic N) is 4. The van der Waals surface area contributed by atoms with Gasteiger partial charge in [-0.25, -0.2) is 0 Å². The van der Waals surface area contributed by atoms with E-state index in [4.69, 9.17) is 12.2 Å². The van der Waals surface area contributed by atoms with Crippen LogP contribution in [0.2, 0.25) is 0 Å². The van der Waals surface area contributed by atoms with Crippen LogP contribution < -0.4 is 4.90 Å². The Morgan fingerprint density at radius 3 is 1.89 bits per heavy atom. The number of nitrogens with one attached hydrogen (secondary N) is 1. The third kappa shape index (κ3) is 3.77. The second-order valence-corrected chi connectivity index (χ2v) is 6.62. The van der Waals surface area contributed by atoms with Crippen LogP contribution in [0.15, 0.2) is 90.0 Å². The number of H-pyrrole nitrogens is 1. The smallest absolute Gasteiger partial charge is 0.216 e. The molecule has 4 rings (SSSR count). The Bertz CT molecular complexity index is 1090. The molecule has 3 aromatic carbocycles. The zero-order valence-electron chi connectivity index (χ0n) is 15.4. The van der Waals surface area contributed by atoms with Crippen LogP contribution in [0.4, 0.5) is 17.1 Å². The molecule has 5 nitrogen and oxygen atoms in total. The summed E-state index contributed by atoms with van der Waals surface area (Å²) in [6.07, 6.45) is 1.78. The molecule has 1 N–H and O–H groups in total. The lowest BCUT2D eigenvalue weighted by Gasteiger charge is -2.25. The van der Waals surface area contributed by atoms with Gasteiger partial charge in [-0.3, -0.25) is 5.10 Å². The summed E-state index contributed by atoms with van der Waals surface area (Å²) in [5.74, 6) is 0.720. The Morgan fingerprint density at radius 2 is 1.39 bits per heavy atom. The molecule has 1 heterocycles. The van der Waals surface area contributed by atoms with Gasteiger partial charge in [0.15, 0.2) is 0 Å². The minimum Gasteiger partial charge on any atom is -0.311 e. The third-order valence-corrected chi connectivity index (χ3v) is 4.58. The molecule has 1 aromatic heterocycles. The number of aromatic amines is 1. The molecule has 0 atom stereocenters. The summed E-state index contributed by atoms with van der Waals surface area (Å²) in [7, 11) is 0. The van der Waals surface area contributed by atoms with Gasteiger partial charge in [0.25, 0.3) is 0 Å². The predicted octanol–water partition coefficient (Wildman–Crippen LogP) is 5.60. The quantitative estimate of drug-likeness (QED) is 0.359. The highest BCUT2D eigenvalue weighted by molar-refractivity contribution is 7.71. The summed E-state index contributed by atoms with van der Waals surface area (Å²) in [5.41, 5.74) is 4.27. The lowest BCUT2D eigenvalue weighted by Crippen LogP contribution is -2.09. The fraction of sp³-hybridized carbons (Fsp3) is 0.0455. The average molecular weight is 385 g/mol. The number of para-hydroxylation sites is 2. The van der Waals surface area contributed by atoms with E-state index < -0.39 is 0 Å². The van der Waals surface area contributed by atoms with Gasteiger partial charge in [-0.15, -0.1) is 0 Å². The van der Waals surface area contributed by atoms with E-state index in [0.717, 1.165) is 28.5 Å². The SMILES string of the molecule is Cc1n[nH]c(=S)n1/N=C\c1ccc(N(c2ccccc2)c2ccccc2)cc1. The minimum absolute atomic E-state index is 0.477. The molecule has 0 aliphatic heterocycles. The van der Waals surface area contributed by atoms with Crippen LogP contribution in [-0.4, -0.2) is 21.1 Å². The van der Waals surface area contributed by atoms with E-state index in [0.29, 0.717) is 4.77 Å². The van der Waals surface area contributed by atoms with Gasteiger partial charge in [0, 0.05) is 17.1 Å². The summed E-state index contributed by atoms with van der Waals surface area (Å²) in [4.78, 5) is 2.22. The summed E-state index contributed by atoms with van der Waals surface area (Å²) >= 11 is 5.18. The van der Waals surface area contributed by atoms with Crippen molar-refractivity contribution in [3.63, 3.8) is 0 Å². The molecule has 0 aliphatic rings. The molecular formula is C22H19N5S. The molecule has 0 aliphatic carbocycles. The largest absolute Gasteiger partial charge is 0.311 e. The first-order valence-corrected chi connectivity index (χ1v) is 9.32. The van der Waals surface area contributed by atoms with E-state index in [2.05, 4.69) is 56.6 Å². The first kappa shape index (κ1) is 17.9. The third-order valence-electron chi connectivity index (χ3n) is 4.31. The fourth-order valence-electron chi connectivity index (χ4n) is 2.94. The van der Waals surface area contributed by atoms with E-state index in [-0.39, 0.29) is 0 Å². The standard InChI is InChI=1S/C22H19N5S/c1-17-24-25-22(28)27(17)23-16-18-12-14-21(15-13-18)26(19-8-4-2-5-9-19)20-10-6-3-7-11-20/h2-16H,1H3,(H,25,28)/b23-16-. The summed E-state index contributed by atoms with van der Waals surface area (Å²) in [5, 5.41) is 11.2. The van der Waals surface area contributed by atoms with Gasteiger partial charge in [0.1, 0.15) is 5.82 Å². The maximum atomic E-state index is 5.18. The number of aromatic nitrogens is 3. The topological polar surface area (TPSA) is 49.2 Å². The molecule has 6 heteroatoms. The van der Waals surface area contributed by atoms with Crippen molar-refractivity contribution in [3.8, 4) is 0 Å². The average Bonchev–Trinajstić information content (AvgIpc) is 3.07. The van der Waals surface area contributed by atoms with Gasteiger partial charge in [-0.05, 0) is 61.1 Å². The lowest BCUT2D eigenvalue weighted by atomic mass is 10.1. The lowest BCUT2D eigenvalue weighted by molar-refractivity contribution is 0.821. The van der Waals surface area contributed by atoms with Crippen LogP contribution in [0, 0.1) is 11.7 Å². The Kier molecular flexibility index (Phi) is 5.12. The number of hydrogen-bond acceptors (Lipinski definition) is 4. The molecule has 28 heavy (non-hydrogen) atoms. The Hall–Kier alpha value is -3.51. The van der Waals surface area contributed by atoms with Crippen LogP contribution in [0.5, 0.6) is 0 Å². The van der Waals surface area contributed by atoms with Crippen molar-refractivity contribution >= 4 is 35.5 Å². The van der Waals surface area contributed by atoms with Gasteiger partial charge in [0.05, 0.1) is 6.21 Å². The maximum Gasteiger partial charge on any atom is 0.216 e. The van der Waals surface area contributed by atoms with Crippen molar-refractivity contribution in [2.45, 2.75) is 6.92 Å². The highest BCUT2D eigenvalue weighted by Crippen LogP contribution is 2.33. The zero-order chi connectivity index (χ0) is 19.3. The summed E-state index contributed by atoms with van der Waals surface area (Å²) in [6, 6.07) is 28.9. The molecule has 0 fully saturated rings. The van der Waals surface area contributed by atoms with Gasteiger partial charge in [-0.1, -0.05) is 48.5 Å². The van der Waals surface area contributed by atoms with Crippen molar-refractivity contribution in [2.24, 2.45) is 5.10 Å². The van der Waals surface area contributed by atoms with Crippen molar-refractivity contribution < 1.29 is 0 Å². The molecule has 4 aromatic rings. The number of rotatable bonds is 5. The van der Waals surface area contributed by atoms with Crippen LogP contribution in [0.25, 0.3) is 0 Å². The van der Waals surface area contributed by atoms with Crippen molar-refractivity contribution in [1.29, 1.82) is 0 Å². The number of aryl methyl sites for hydroxylation is 1. The minimum atomic E-state index is 0.477. The second kappa shape index (κ2) is 8.02. The van der Waals surface area contributed by atoms with E-state index in [9.17, 15) is 0 Å². The van der Waals surface area contributed by atoms with E-state index in [1.807, 2.05) is 55.5 Å². The predicted molar refractivity (Wildman–Crippen MR) is 116 cm³/mol. The number of benzene rings is 3. The monoisotopic (exact) mass is 385 g/mol. The molecule has 138 valence electrons. The van der Waals surface area contributed by atoms with E-state index >= 15 is 0 Å². The zero-order valence-corrected chi connectivity index (χ0v) is 16.2. The van der Waals surface area contributed by atoms with Crippen molar-refractivity contribution in [3.05, 3.63) is 101 Å².